The van der Waals surface area contributed by atoms with Crippen molar-refractivity contribution >= 4 is 44.7 Å². The van der Waals surface area contributed by atoms with Gasteiger partial charge in [-0.15, -0.1) is 0 Å². The first-order chi connectivity index (χ1) is 9.38. The number of aromatic nitrogens is 2. The maximum Gasteiger partial charge on any atom is 0.332 e. The summed E-state index contributed by atoms with van der Waals surface area (Å²) in [4.78, 5) is 17.8. The second kappa shape index (κ2) is 5.68. The van der Waals surface area contributed by atoms with Gasteiger partial charge in [0.15, 0.2) is 0 Å². The summed E-state index contributed by atoms with van der Waals surface area (Å²) in [7, 11) is 0. The normalized spacial score (nSPS) is 10.4. The molecule has 0 atom stereocenters. The Bertz CT molecular complexity index is 698. The van der Waals surface area contributed by atoms with Crippen LogP contribution in [-0.2, 0) is 0 Å². The quantitative estimate of drug-likeness (QED) is 0.508. The number of aryl methyl sites for hydroxylation is 1. The van der Waals surface area contributed by atoms with Crippen LogP contribution in [0.3, 0.4) is 0 Å². The van der Waals surface area contributed by atoms with Crippen molar-refractivity contribution in [3.63, 3.8) is 0 Å². The van der Waals surface area contributed by atoms with Crippen LogP contribution >= 0.6 is 27.5 Å². The third-order valence-electron chi connectivity index (χ3n) is 2.40. The van der Waals surface area contributed by atoms with E-state index in [2.05, 4.69) is 31.2 Å². The molecule has 0 spiro atoms. The number of nitrogens with one attached hydrogen (secondary N) is 1. The van der Waals surface area contributed by atoms with E-state index >= 15 is 0 Å². The van der Waals surface area contributed by atoms with Crippen LogP contribution in [0.5, 0.6) is 0 Å². The molecule has 0 saturated heterocycles. The van der Waals surface area contributed by atoms with Crippen LogP contribution in [-0.4, -0.2) is 14.9 Å². The van der Waals surface area contributed by atoms with E-state index in [-0.39, 0.29) is 28.2 Å². The predicted molar refractivity (Wildman–Crippen MR) is 75.8 cm³/mol. The Morgan fingerprint density at radius 2 is 2.15 bits per heavy atom. The molecule has 1 heterocycles. The molecular weight excluding hydrogens is 355 g/mol. The number of rotatable bonds is 3. The summed E-state index contributed by atoms with van der Waals surface area (Å²) in [5, 5.41) is 13.4. The summed E-state index contributed by atoms with van der Waals surface area (Å²) in [6, 6.07) is 4.24. The molecule has 0 aliphatic heterocycles. The fourth-order valence-electron chi connectivity index (χ4n) is 1.56. The minimum absolute atomic E-state index is 0.0467. The van der Waals surface area contributed by atoms with Crippen molar-refractivity contribution in [3.8, 4) is 0 Å². The summed E-state index contributed by atoms with van der Waals surface area (Å²) < 4.78 is 14.3. The third-order valence-corrected chi connectivity index (χ3v) is 3.06. The Morgan fingerprint density at radius 3 is 2.75 bits per heavy atom. The van der Waals surface area contributed by atoms with Crippen molar-refractivity contribution in [2.24, 2.45) is 0 Å². The van der Waals surface area contributed by atoms with Gasteiger partial charge in [-0.25, -0.2) is 9.37 Å². The molecule has 1 aromatic heterocycles. The van der Waals surface area contributed by atoms with E-state index < -0.39 is 10.7 Å². The van der Waals surface area contributed by atoms with Crippen LogP contribution in [0, 0.1) is 22.9 Å². The SMILES string of the molecule is Cc1nc(Cl)nc(Nc2ccc(Br)cc2F)c1[N+](=O)[O-]. The Kier molecular flexibility index (Phi) is 4.15. The van der Waals surface area contributed by atoms with Crippen LogP contribution in [0.4, 0.5) is 21.6 Å². The lowest BCUT2D eigenvalue weighted by atomic mass is 10.3. The third kappa shape index (κ3) is 3.02. The summed E-state index contributed by atoms with van der Waals surface area (Å²) in [5.41, 5.74) is -0.211. The van der Waals surface area contributed by atoms with Crippen molar-refractivity contribution in [3.05, 3.63) is 49.6 Å². The Labute approximate surface area is 126 Å². The molecule has 2 rings (SSSR count). The molecule has 0 fully saturated rings. The van der Waals surface area contributed by atoms with E-state index in [0.29, 0.717) is 4.47 Å². The van der Waals surface area contributed by atoms with Crippen LogP contribution in [0.15, 0.2) is 22.7 Å². The highest BCUT2D eigenvalue weighted by molar-refractivity contribution is 9.10. The lowest BCUT2D eigenvalue weighted by Crippen LogP contribution is -2.05. The standard InChI is InChI=1S/C11H7BrClFN4O2/c1-5-9(18(19)20)10(17-11(13)15-5)16-8-3-2-6(12)4-7(8)14/h2-4H,1H3,(H,15,16,17). The topological polar surface area (TPSA) is 81.0 Å². The highest BCUT2D eigenvalue weighted by Gasteiger charge is 2.22. The Hall–Kier alpha value is -1.80. The van der Waals surface area contributed by atoms with Gasteiger partial charge >= 0.3 is 5.69 Å². The van der Waals surface area contributed by atoms with Crippen molar-refractivity contribution in [2.75, 3.05) is 5.32 Å². The van der Waals surface area contributed by atoms with E-state index in [4.69, 9.17) is 11.6 Å². The summed E-state index contributed by atoms with van der Waals surface area (Å²) in [6.07, 6.45) is 0. The zero-order chi connectivity index (χ0) is 14.9. The molecule has 1 aromatic carbocycles. The molecule has 0 aliphatic rings. The first-order valence-electron chi connectivity index (χ1n) is 5.29. The maximum atomic E-state index is 13.7. The summed E-state index contributed by atoms with van der Waals surface area (Å²) in [5.74, 6) is -0.741. The first-order valence-corrected chi connectivity index (χ1v) is 6.46. The molecule has 0 bridgehead atoms. The van der Waals surface area contributed by atoms with E-state index in [0.717, 1.165) is 0 Å². The molecule has 0 amide bonds. The number of nitrogens with zero attached hydrogens (tertiary/aromatic N) is 3. The van der Waals surface area contributed by atoms with Gasteiger partial charge in [0.05, 0.1) is 10.6 Å². The Balaban J connectivity index is 2.50. The average Bonchev–Trinajstić information content (AvgIpc) is 2.31. The fraction of sp³-hybridized carbons (Fsp3) is 0.0909. The number of hydrogen-bond donors (Lipinski definition) is 1. The van der Waals surface area contributed by atoms with Gasteiger partial charge in [-0.3, -0.25) is 10.1 Å². The van der Waals surface area contributed by atoms with Crippen LogP contribution < -0.4 is 5.32 Å². The highest BCUT2D eigenvalue weighted by atomic mass is 79.9. The Morgan fingerprint density at radius 1 is 1.45 bits per heavy atom. The molecule has 0 aliphatic carbocycles. The number of nitro groups is 1. The molecule has 0 radical (unpaired) electrons. The van der Waals surface area contributed by atoms with Gasteiger partial charge in [-0.2, -0.15) is 4.98 Å². The van der Waals surface area contributed by atoms with Crippen molar-refractivity contribution in [1.82, 2.24) is 9.97 Å². The number of hydrogen-bond acceptors (Lipinski definition) is 5. The molecule has 6 nitrogen and oxygen atoms in total. The maximum absolute atomic E-state index is 13.7. The van der Waals surface area contributed by atoms with Crippen molar-refractivity contribution in [2.45, 2.75) is 6.92 Å². The van der Waals surface area contributed by atoms with E-state index in [1.165, 1.54) is 19.1 Å². The molecule has 9 heteroatoms. The molecule has 1 N–H and O–H groups in total. The summed E-state index contributed by atoms with van der Waals surface area (Å²) in [6.45, 7) is 1.43. The van der Waals surface area contributed by atoms with Crippen LogP contribution in [0.25, 0.3) is 0 Å². The molecule has 0 saturated carbocycles. The lowest BCUT2D eigenvalue weighted by Gasteiger charge is -2.08. The fourth-order valence-corrected chi connectivity index (χ4v) is 2.10. The average molecular weight is 362 g/mol. The smallest absolute Gasteiger partial charge is 0.332 e. The second-order valence-corrected chi connectivity index (χ2v) is 5.04. The molecule has 20 heavy (non-hydrogen) atoms. The van der Waals surface area contributed by atoms with E-state index in [9.17, 15) is 14.5 Å². The molecule has 2 aromatic rings. The zero-order valence-corrected chi connectivity index (χ0v) is 12.4. The monoisotopic (exact) mass is 360 g/mol. The van der Waals surface area contributed by atoms with Crippen molar-refractivity contribution < 1.29 is 9.31 Å². The summed E-state index contributed by atoms with van der Waals surface area (Å²) >= 11 is 8.79. The van der Waals surface area contributed by atoms with Crippen LogP contribution in [0.2, 0.25) is 5.28 Å². The van der Waals surface area contributed by atoms with Gasteiger partial charge < -0.3 is 5.32 Å². The zero-order valence-electron chi connectivity index (χ0n) is 10.0. The second-order valence-electron chi connectivity index (χ2n) is 3.78. The van der Waals surface area contributed by atoms with Gasteiger partial charge in [0, 0.05) is 4.47 Å². The van der Waals surface area contributed by atoms with Gasteiger partial charge in [0.1, 0.15) is 11.5 Å². The lowest BCUT2D eigenvalue weighted by molar-refractivity contribution is -0.385. The molecular formula is C11H7BrClFN4O2. The van der Waals surface area contributed by atoms with Gasteiger partial charge in [0.2, 0.25) is 11.1 Å². The molecule has 104 valence electrons. The van der Waals surface area contributed by atoms with Gasteiger partial charge in [0.25, 0.3) is 0 Å². The first kappa shape index (κ1) is 14.6. The van der Waals surface area contributed by atoms with Crippen molar-refractivity contribution in [1.29, 1.82) is 0 Å². The molecule has 0 unspecified atom stereocenters. The number of anilines is 2. The van der Waals surface area contributed by atoms with Crippen LogP contribution in [0.1, 0.15) is 5.69 Å². The van der Waals surface area contributed by atoms with E-state index in [1.54, 1.807) is 6.07 Å². The predicted octanol–water partition coefficient (Wildman–Crippen LogP) is 3.99. The van der Waals surface area contributed by atoms with Gasteiger partial charge in [-0.05, 0) is 36.7 Å². The highest BCUT2D eigenvalue weighted by Crippen LogP contribution is 2.30. The minimum atomic E-state index is -0.648. The largest absolute Gasteiger partial charge is 0.332 e. The van der Waals surface area contributed by atoms with Gasteiger partial charge in [-0.1, -0.05) is 15.9 Å². The van der Waals surface area contributed by atoms with E-state index in [1.807, 2.05) is 0 Å². The number of halogens is 3. The minimum Gasteiger partial charge on any atom is -0.332 e. The number of benzene rings is 1.